The van der Waals surface area contributed by atoms with Crippen LogP contribution in [-0.2, 0) is 44.6 Å². The molecule has 3 aromatic heterocycles. The van der Waals surface area contributed by atoms with E-state index in [0.29, 0.717) is 164 Å². The third kappa shape index (κ3) is 16.6. The summed E-state index contributed by atoms with van der Waals surface area (Å²) >= 11 is 0. The number of carbonyl (C=O) groups excluding carboxylic acids is 3. The summed E-state index contributed by atoms with van der Waals surface area (Å²) in [4.78, 5) is 48.8. The molecule has 1 amide bonds. The van der Waals surface area contributed by atoms with Gasteiger partial charge in [-0.05, 0) is 43.9 Å². The van der Waals surface area contributed by atoms with Crippen molar-refractivity contribution in [2.24, 2.45) is 0 Å². The Labute approximate surface area is 332 Å². The van der Waals surface area contributed by atoms with Gasteiger partial charge in [-0.15, -0.1) is 12.3 Å². The van der Waals surface area contributed by atoms with Crippen LogP contribution in [0, 0.1) is 12.3 Å². The van der Waals surface area contributed by atoms with Gasteiger partial charge in [0, 0.05) is 63.8 Å². The van der Waals surface area contributed by atoms with Crippen LogP contribution in [0.1, 0.15) is 70.6 Å². The van der Waals surface area contributed by atoms with Crippen molar-refractivity contribution in [3.05, 3.63) is 24.5 Å². The highest BCUT2D eigenvalue weighted by atomic mass is 16.5. The quantitative estimate of drug-likeness (QED) is 0.0468. The summed E-state index contributed by atoms with van der Waals surface area (Å²) in [7, 11) is 0. The van der Waals surface area contributed by atoms with E-state index >= 15 is 0 Å². The van der Waals surface area contributed by atoms with Gasteiger partial charge in [0.2, 0.25) is 5.91 Å². The number of aryl methyl sites for hydroxylation is 1. The number of terminal acetylenes is 1. The summed E-state index contributed by atoms with van der Waals surface area (Å²) in [6.45, 7) is 5.11. The molecule has 310 valence electrons. The van der Waals surface area contributed by atoms with Crippen LogP contribution in [0.2, 0.25) is 0 Å². The molecular weight excluding hydrogens is 736 g/mol. The van der Waals surface area contributed by atoms with Gasteiger partial charge < -0.3 is 44.9 Å². The molecule has 0 bridgehead atoms. The van der Waals surface area contributed by atoms with Gasteiger partial charge in [0.25, 0.3) is 6.01 Å². The van der Waals surface area contributed by atoms with Crippen LogP contribution < -0.4 is 16.8 Å². The molecule has 0 fully saturated rings. The Balaban J connectivity index is 0.923. The fourth-order valence-corrected chi connectivity index (χ4v) is 5.80. The number of aromatic nitrogens is 5. The molecule has 0 radical (unpaired) electrons. The second kappa shape index (κ2) is 26.0. The number of benzene rings is 1. The molecule has 0 spiro atoms. The first-order valence-corrected chi connectivity index (χ1v) is 19.6. The smallest absolute Gasteiger partial charge is 0.292 e. The lowest BCUT2D eigenvalue weighted by Gasteiger charge is -2.08. The number of hydrogen-bond donors (Lipinski definition) is 3. The van der Waals surface area contributed by atoms with E-state index in [9.17, 15) is 14.4 Å². The number of nitrogen functional groups attached to an aromatic ring is 2. The number of fused-ring (bicyclic) bond motifs is 2. The lowest BCUT2D eigenvalue weighted by molar-refractivity contribution is -0.122. The van der Waals surface area contributed by atoms with Crippen molar-refractivity contribution in [1.82, 2.24) is 30.0 Å². The van der Waals surface area contributed by atoms with Crippen LogP contribution in [-0.4, -0.2) is 115 Å². The number of unbranched alkanes of at least 4 members (excludes halogenated alkanes) is 3. The summed E-state index contributed by atoms with van der Waals surface area (Å²) in [6, 6.07) is 5.61. The van der Waals surface area contributed by atoms with Crippen LogP contribution in [0.3, 0.4) is 0 Å². The molecule has 0 aliphatic rings. The number of nitrogens with zero attached hydrogens (tertiary/aromatic N) is 5. The molecule has 0 atom stereocenters. The summed E-state index contributed by atoms with van der Waals surface area (Å²) in [6.07, 6.45) is 13.0. The fraction of sp³-hybridized carbons (Fsp3) is 0.575. The predicted molar refractivity (Wildman–Crippen MR) is 214 cm³/mol. The number of hydrogen-bond acceptors (Lipinski definition) is 15. The summed E-state index contributed by atoms with van der Waals surface area (Å²) in [5, 5.41) is 8.26. The third-order valence-corrected chi connectivity index (χ3v) is 8.77. The van der Waals surface area contributed by atoms with Crippen molar-refractivity contribution in [1.29, 1.82) is 0 Å². The van der Waals surface area contributed by atoms with Crippen molar-refractivity contribution in [3.63, 3.8) is 0 Å². The Kier molecular flexibility index (Phi) is 20.4. The van der Waals surface area contributed by atoms with Gasteiger partial charge in [0.1, 0.15) is 34.9 Å². The minimum absolute atomic E-state index is 0.0256. The third-order valence-electron chi connectivity index (χ3n) is 8.77. The molecule has 4 aromatic rings. The van der Waals surface area contributed by atoms with E-state index in [-0.39, 0.29) is 23.5 Å². The first kappa shape index (κ1) is 44.7. The molecule has 17 nitrogen and oxygen atoms in total. The number of nitrogens with one attached hydrogen (secondary N) is 1. The van der Waals surface area contributed by atoms with Gasteiger partial charge in [-0.1, -0.05) is 6.42 Å². The molecule has 0 saturated heterocycles. The van der Waals surface area contributed by atoms with E-state index in [4.69, 9.17) is 51.1 Å². The number of rotatable bonds is 32. The van der Waals surface area contributed by atoms with Crippen LogP contribution in [0.15, 0.2) is 28.9 Å². The molecule has 3 heterocycles. The zero-order valence-electron chi connectivity index (χ0n) is 32.7. The Morgan fingerprint density at radius 3 is 2.14 bits per heavy atom. The van der Waals surface area contributed by atoms with E-state index in [1.807, 2.05) is 16.8 Å². The molecule has 0 unspecified atom stereocenters. The molecule has 1 aromatic carbocycles. The van der Waals surface area contributed by atoms with Crippen molar-refractivity contribution in [2.75, 3.05) is 84.1 Å². The average Bonchev–Trinajstić information content (AvgIpc) is 3.77. The second-order valence-corrected chi connectivity index (χ2v) is 13.2. The van der Waals surface area contributed by atoms with Crippen LogP contribution in [0.4, 0.5) is 11.8 Å². The van der Waals surface area contributed by atoms with Crippen molar-refractivity contribution >= 4 is 51.4 Å². The summed E-state index contributed by atoms with van der Waals surface area (Å²) in [5.74, 6) is 3.11. The number of ketones is 2. The highest BCUT2D eigenvalue weighted by Crippen LogP contribution is 2.32. The maximum atomic E-state index is 12.4. The van der Waals surface area contributed by atoms with Gasteiger partial charge in [-0.2, -0.15) is 10.1 Å². The molecule has 0 saturated carbocycles. The van der Waals surface area contributed by atoms with E-state index < -0.39 is 0 Å². The minimum Gasteiger partial charge on any atom is -0.424 e. The van der Waals surface area contributed by atoms with E-state index in [1.165, 1.54) is 6.33 Å². The lowest BCUT2D eigenvalue weighted by atomic mass is 10.1. The number of amides is 1. The Morgan fingerprint density at radius 2 is 1.42 bits per heavy atom. The van der Waals surface area contributed by atoms with Gasteiger partial charge in [-0.3, -0.25) is 14.4 Å². The SMILES string of the molecule is C#CCCCC(=O)NCCOCCOCCOCCC(=O)CCCOCCOCCC(=O)CCCCCn1nc(-c2ccc3oc(N)nc3c2)c2c(N)ncnc21. The highest BCUT2D eigenvalue weighted by Gasteiger charge is 2.18. The maximum absolute atomic E-state index is 12.4. The number of anilines is 2. The zero-order valence-corrected chi connectivity index (χ0v) is 32.7. The first-order valence-electron chi connectivity index (χ1n) is 19.6. The highest BCUT2D eigenvalue weighted by molar-refractivity contribution is 5.99. The van der Waals surface area contributed by atoms with Crippen LogP contribution >= 0.6 is 0 Å². The molecule has 4 rings (SSSR count). The number of Topliss-reactive ketones (excluding diaryl/α,β-unsaturated/α-hetero) is 2. The molecule has 57 heavy (non-hydrogen) atoms. The standard InChI is InChI=1S/C40H56N8O9/c1-2-3-5-11-35(51)43-16-21-55-25-27-56-26-24-54-20-15-32(50)10-8-18-52-22-23-53-19-14-31(49)9-6-4-7-17-48-39-36(38(41)44-29-45-39)37(47-48)30-12-13-34-33(28-30)46-40(42)57-34/h1,12-13,28-29H,3-11,14-27H2,(H2,42,46)(H,43,51)(H2,41,44,45). The summed E-state index contributed by atoms with van der Waals surface area (Å²) in [5.41, 5.74) is 15.3. The molecular formula is C40H56N8O9. The zero-order chi connectivity index (χ0) is 40.5. The predicted octanol–water partition coefficient (Wildman–Crippen LogP) is 4.06. The van der Waals surface area contributed by atoms with Crippen molar-refractivity contribution < 1.29 is 42.5 Å². The van der Waals surface area contributed by atoms with Gasteiger partial charge in [0.15, 0.2) is 11.2 Å². The topological polar surface area (TPSA) is 231 Å². The maximum Gasteiger partial charge on any atom is 0.292 e. The molecule has 0 aliphatic heterocycles. The Hall–Kier alpha value is -4.99. The van der Waals surface area contributed by atoms with Gasteiger partial charge in [-0.25, -0.2) is 14.6 Å². The largest absolute Gasteiger partial charge is 0.424 e. The average molecular weight is 793 g/mol. The van der Waals surface area contributed by atoms with E-state index in [2.05, 4.69) is 26.2 Å². The second-order valence-electron chi connectivity index (χ2n) is 13.2. The summed E-state index contributed by atoms with van der Waals surface area (Å²) < 4.78 is 34.7. The number of ether oxygens (including phenoxy) is 5. The minimum atomic E-state index is -0.0256. The monoisotopic (exact) mass is 792 g/mol. The number of carbonyl (C=O) groups is 3. The fourth-order valence-electron chi connectivity index (χ4n) is 5.80. The number of nitrogens with two attached hydrogens (primary N) is 2. The first-order chi connectivity index (χ1) is 27.9. The van der Waals surface area contributed by atoms with Crippen LogP contribution in [0.25, 0.3) is 33.4 Å². The van der Waals surface area contributed by atoms with E-state index in [0.717, 1.165) is 24.8 Å². The molecule has 5 N–H and O–H groups in total. The number of oxazole rings is 1. The normalized spacial score (nSPS) is 11.4. The molecule has 0 aliphatic carbocycles. The molecule has 17 heteroatoms. The van der Waals surface area contributed by atoms with Gasteiger partial charge >= 0.3 is 0 Å². The van der Waals surface area contributed by atoms with Crippen molar-refractivity contribution in [2.45, 2.75) is 77.2 Å². The van der Waals surface area contributed by atoms with Gasteiger partial charge in [0.05, 0.1) is 64.8 Å². The Bertz CT molecular complexity index is 1870. The van der Waals surface area contributed by atoms with Crippen molar-refractivity contribution in [3.8, 4) is 23.6 Å². The van der Waals surface area contributed by atoms with Crippen LogP contribution in [0.5, 0.6) is 0 Å². The lowest BCUT2D eigenvalue weighted by Crippen LogP contribution is -2.27. The Morgan fingerprint density at radius 1 is 0.754 bits per heavy atom. The van der Waals surface area contributed by atoms with E-state index in [1.54, 1.807) is 6.07 Å².